The molecular formula is C32H39N7O3. The molecule has 0 spiro atoms. The van der Waals surface area contributed by atoms with Gasteiger partial charge < -0.3 is 25.3 Å². The third-order valence-electron chi connectivity index (χ3n) is 8.49. The van der Waals surface area contributed by atoms with Crippen molar-refractivity contribution in [1.29, 1.82) is 0 Å². The summed E-state index contributed by atoms with van der Waals surface area (Å²) in [4.78, 5) is 44.7. The van der Waals surface area contributed by atoms with Crippen molar-refractivity contribution in [1.82, 2.24) is 20.4 Å². The van der Waals surface area contributed by atoms with Gasteiger partial charge in [-0.3, -0.25) is 19.5 Å². The van der Waals surface area contributed by atoms with Crippen molar-refractivity contribution in [2.45, 2.75) is 44.9 Å². The molecule has 2 aliphatic heterocycles. The number of benzene rings is 2. The summed E-state index contributed by atoms with van der Waals surface area (Å²) in [6, 6.07) is 15.8. The van der Waals surface area contributed by atoms with Crippen LogP contribution in [-0.2, 0) is 4.79 Å². The fourth-order valence-electron chi connectivity index (χ4n) is 5.92. The third kappa shape index (κ3) is 6.27. The second-order valence-electron chi connectivity index (χ2n) is 11.5. The second-order valence-corrected chi connectivity index (χ2v) is 11.5. The van der Waals surface area contributed by atoms with E-state index in [0.717, 1.165) is 63.4 Å². The summed E-state index contributed by atoms with van der Waals surface area (Å²) in [6.45, 7) is 7.33. The number of likely N-dealkylation sites (tertiary alicyclic amines) is 1. The van der Waals surface area contributed by atoms with Crippen LogP contribution in [0.1, 0.15) is 70.1 Å². The van der Waals surface area contributed by atoms with Crippen LogP contribution in [0.3, 0.4) is 0 Å². The number of aryl methyl sites for hydroxylation is 1. The summed E-state index contributed by atoms with van der Waals surface area (Å²) in [5.74, 6) is 0.156. The highest BCUT2D eigenvalue weighted by atomic mass is 16.2. The Morgan fingerprint density at radius 1 is 0.952 bits per heavy atom. The molecule has 1 aliphatic carbocycles. The zero-order valence-corrected chi connectivity index (χ0v) is 24.2. The number of aromatic amines is 1. The molecular weight excluding hydrogens is 530 g/mol. The Labute approximate surface area is 246 Å². The van der Waals surface area contributed by atoms with E-state index in [1.165, 1.54) is 11.3 Å². The van der Waals surface area contributed by atoms with Gasteiger partial charge in [-0.25, -0.2) is 0 Å². The number of hydrogen-bond acceptors (Lipinski definition) is 6. The normalized spacial score (nSPS) is 17.1. The van der Waals surface area contributed by atoms with Crippen molar-refractivity contribution < 1.29 is 14.4 Å². The van der Waals surface area contributed by atoms with Gasteiger partial charge in [-0.2, -0.15) is 5.10 Å². The number of hydrogen-bond donors (Lipinski definition) is 3. The Kier molecular flexibility index (Phi) is 8.12. The highest BCUT2D eigenvalue weighted by Crippen LogP contribution is 2.39. The van der Waals surface area contributed by atoms with Gasteiger partial charge in [0.05, 0.1) is 11.4 Å². The number of carbonyl (C=O) groups excluding carboxylic acids is 3. The molecule has 3 N–H and O–H groups in total. The Bertz CT molecular complexity index is 1460. The van der Waals surface area contributed by atoms with Crippen molar-refractivity contribution in [2.24, 2.45) is 0 Å². The van der Waals surface area contributed by atoms with Gasteiger partial charge in [-0.15, -0.1) is 0 Å². The summed E-state index contributed by atoms with van der Waals surface area (Å²) >= 11 is 0. The maximum atomic E-state index is 13.3. The van der Waals surface area contributed by atoms with Crippen LogP contribution in [0.4, 0.5) is 17.1 Å². The fraction of sp³-hybridized carbons (Fsp3) is 0.438. The lowest BCUT2D eigenvalue weighted by Crippen LogP contribution is -2.47. The zero-order chi connectivity index (χ0) is 29.1. The highest BCUT2D eigenvalue weighted by Gasteiger charge is 2.27. The number of rotatable bonds is 10. The standard InChI is InChI=1S/C32H39N7O3/c1-22-6-2-3-7-28(22)37-16-18-38(19-17-37)29-12-11-24(31(41)33-13-5-15-39-14-4-8-30(39)40)20-26(29)34-32(42)27-21-25(35-36-27)23-9-10-23/h2-3,6-7,11-12,20-21,23H,4-5,8-10,13-19H2,1H3,(H,33,41)(H,34,42)(H,35,36). The number of para-hydroxylation sites is 1. The van der Waals surface area contributed by atoms with E-state index in [-0.39, 0.29) is 17.7 Å². The van der Waals surface area contributed by atoms with Gasteiger partial charge in [-0.1, -0.05) is 18.2 Å². The number of anilines is 3. The van der Waals surface area contributed by atoms with E-state index in [9.17, 15) is 14.4 Å². The Morgan fingerprint density at radius 3 is 2.43 bits per heavy atom. The molecule has 6 rings (SSSR count). The molecule has 0 unspecified atom stereocenters. The van der Waals surface area contributed by atoms with Gasteiger partial charge in [0.25, 0.3) is 11.8 Å². The van der Waals surface area contributed by atoms with Gasteiger partial charge >= 0.3 is 0 Å². The van der Waals surface area contributed by atoms with Crippen molar-refractivity contribution in [3.8, 4) is 0 Å². The molecule has 1 saturated carbocycles. The molecule has 0 radical (unpaired) electrons. The van der Waals surface area contributed by atoms with Gasteiger partial charge in [0, 0.05) is 75.1 Å². The molecule has 3 aromatic rings. The van der Waals surface area contributed by atoms with E-state index in [2.05, 4.69) is 61.8 Å². The minimum atomic E-state index is -0.300. The molecule has 1 aromatic heterocycles. The average molecular weight is 570 g/mol. The first-order valence-corrected chi connectivity index (χ1v) is 15.1. The smallest absolute Gasteiger partial charge is 0.276 e. The lowest BCUT2D eigenvalue weighted by molar-refractivity contribution is -0.127. The third-order valence-corrected chi connectivity index (χ3v) is 8.49. The zero-order valence-electron chi connectivity index (χ0n) is 24.2. The summed E-state index contributed by atoms with van der Waals surface area (Å²) in [7, 11) is 0. The summed E-state index contributed by atoms with van der Waals surface area (Å²) in [5.41, 5.74) is 5.80. The molecule has 3 heterocycles. The van der Waals surface area contributed by atoms with E-state index in [4.69, 9.17) is 0 Å². The van der Waals surface area contributed by atoms with E-state index < -0.39 is 0 Å². The van der Waals surface area contributed by atoms with Crippen LogP contribution in [-0.4, -0.2) is 78.6 Å². The molecule has 0 atom stereocenters. The average Bonchev–Trinajstić information content (AvgIpc) is 3.59. The van der Waals surface area contributed by atoms with Crippen LogP contribution in [0.5, 0.6) is 0 Å². The van der Waals surface area contributed by atoms with Crippen molar-refractivity contribution in [2.75, 3.05) is 60.9 Å². The molecule has 220 valence electrons. The van der Waals surface area contributed by atoms with E-state index in [0.29, 0.717) is 48.8 Å². The number of nitrogens with one attached hydrogen (secondary N) is 3. The highest BCUT2D eigenvalue weighted by molar-refractivity contribution is 6.06. The quantitative estimate of drug-likeness (QED) is 0.319. The monoisotopic (exact) mass is 569 g/mol. The number of amides is 3. The molecule has 10 heteroatoms. The van der Waals surface area contributed by atoms with Crippen molar-refractivity contribution in [3.63, 3.8) is 0 Å². The maximum absolute atomic E-state index is 13.3. The Hall–Kier alpha value is -4.34. The molecule has 3 amide bonds. The first-order chi connectivity index (χ1) is 20.5. The number of piperazine rings is 1. The van der Waals surface area contributed by atoms with Crippen LogP contribution in [0.15, 0.2) is 48.5 Å². The number of nitrogens with zero attached hydrogens (tertiary/aromatic N) is 4. The maximum Gasteiger partial charge on any atom is 0.276 e. The van der Waals surface area contributed by atoms with Crippen molar-refractivity contribution >= 4 is 34.8 Å². The second kappa shape index (κ2) is 12.3. The van der Waals surface area contributed by atoms with Crippen LogP contribution >= 0.6 is 0 Å². The van der Waals surface area contributed by atoms with Crippen LogP contribution in [0, 0.1) is 6.92 Å². The SMILES string of the molecule is Cc1ccccc1N1CCN(c2ccc(C(=O)NCCCN3CCCC3=O)cc2NC(=O)c2cc(C3CC3)[nH]n2)CC1. The van der Waals surface area contributed by atoms with Crippen LogP contribution in [0.2, 0.25) is 0 Å². The predicted octanol–water partition coefficient (Wildman–Crippen LogP) is 3.92. The predicted molar refractivity (Wildman–Crippen MR) is 163 cm³/mol. The van der Waals surface area contributed by atoms with Gasteiger partial charge in [0.1, 0.15) is 0 Å². The van der Waals surface area contributed by atoms with Crippen molar-refractivity contribution in [3.05, 3.63) is 71.0 Å². The van der Waals surface area contributed by atoms with Crippen LogP contribution in [0.25, 0.3) is 0 Å². The van der Waals surface area contributed by atoms with Crippen LogP contribution < -0.4 is 20.4 Å². The molecule has 3 fully saturated rings. The molecule has 2 saturated heterocycles. The number of H-pyrrole nitrogens is 1. The molecule has 3 aliphatic rings. The Balaban J connectivity index is 1.15. The summed E-state index contributed by atoms with van der Waals surface area (Å²) < 4.78 is 0. The molecule has 10 nitrogen and oxygen atoms in total. The minimum Gasteiger partial charge on any atom is -0.368 e. The first kappa shape index (κ1) is 27.8. The van der Waals surface area contributed by atoms with Gasteiger partial charge in [-0.05, 0) is 68.5 Å². The van der Waals surface area contributed by atoms with E-state index >= 15 is 0 Å². The largest absolute Gasteiger partial charge is 0.368 e. The molecule has 2 aromatic carbocycles. The fourth-order valence-corrected chi connectivity index (χ4v) is 5.92. The topological polar surface area (TPSA) is 114 Å². The molecule has 42 heavy (non-hydrogen) atoms. The summed E-state index contributed by atoms with van der Waals surface area (Å²) in [5, 5.41) is 13.3. The summed E-state index contributed by atoms with van der Waals surface area (Å²) in [6.07, 6.45) is 4.47. The number of carbonyl (C=O) groups is 3. The lowest BCUT2D eigenvalue weighted by Gasteiger charge is -2.38. The van der Waals surface area contributed by atoms with E-state index in [1.807, 2.05) is 23.1 Å². The first-order valence-electron chi connectivity index (χ1n) is 15.1. The minimum absolute atomic E-state index is 0.193. The Morgan fingerprint density at radius 2 is 1.71 bits per heavy atom. The van der Waals surface area contributed by atoms with Gasteiger partial charge in [0.2, 0.25) is 5.91 Å². The van der Waals surface area contributed by atoms with Gasteiger partial charge in [0.15, 0.2) is 5.69 Å². The lowest BCUT2D eigenvalue weighted by atomic mass is 10.1. The molecule has 0 bridgehead atoms. The van der Waals surface area contributed by atoms with E-state index in [1.54, 1.807) is 6.07 Å². The number of aromatic nitrogens is 2.